The third-order valence-corrected chi connectivity index (χ3v) is 3.36. The van der Waals surface area contributed by atoms with E-state index in [0.717, 1.165) is 21.7 Å². The summed E-state index contributed by atoms with van der Waals surface area (Å²) in [6.07, 6.45) is 4.07. The van der Waals surface area contributed by atoms with Gasteiger partial charge < -0.3 is 9.72 Å². The molecule has 0 atom stereocenters. The van der Waals surface area contributed by atoms with Gasteiger partial charge in [0.05, 0.1) is 13.0 Å². The summed E-state index contributed by atoms with van der Waals surface area (Å²) in [6, 6.07) is 3.96. The average molecular weight is 250 g/mol. The molecule has 0 saturated carbocycles. The molecule has 1 N–H and O–H groups in total. The molecule has 0 radical (unpaired) electrons. The second-order valence-electron chi connectivity index (χ2n) is 3.45. The van der Waals surface area contributed by atoms with E-state index in [4.69, 9.17) is 4.74 Å². The van der Waals surface area contributed by atoms with Gasteiger partial charge in [0, 0.05) is 28.4 Å². The Labute approximate surface area is 104 Å². The number of aromatic amines is 1. The Kier molecular flexibility index (Phi) is 4.03. The second kappa shape index (κ2) is 5.72. The van der Waals surface area contributed by atoms with Gasteiger partial charge in [-0.2, -0.15) is 0 Å². The minimum Gasteiger partial charge on any atom is -0.466 e. The largest absolute Gasteiger partial charge is 0.466 e. The average Bonchev–Trinajstić information content (AvgIpc) is 2.78. The lowest BCUT2D eigenvalue weighted by atomic mass is 10.3. The Morgan fingerprint density at radius 3 is 3.24 bits per heavy atom. The van der Waals surface area contributed by atoms with Crippen molar-refractivity contribution < 1.29 is 9.53 Å². The van der Waals surface area contributed by atoms with E-state index in [1.165, 1.54) is 0 Å². The summed E-state index contributed by atoms with van der Waals surface area (Å²) in [5.74, 6) is 0.586. The summed E-state index contributed by atoms with van der Waals surface area (Å²) >= 11 is 1.65. The smallest absolute Gasteiger partial charge is 0.306 e. The molecule has 2 aromatic rings. The predicted molar refractivity (Wildman–Crippen MR) is 68.1 cm³/mol. The molecular weight excluding hydrogens is 236 g/mol. The Morgan fingerprint density at radius 1 is 1.53 bits per heavy atom. The van der Waals surface area contributed by atoms with E-state index in [9.17, 15) is 4.79 Å². The summed E-state index contributed by atoms with van der Waals surface area (Å²) in [5.41, 5.74) is 0.881. The number of nitrogens with zero attached hydrogens (tertiary/aromatic N) is 1. The van der Waals surface area contributed by atoms with Crippen LogP contribution in [0.2, 0.25) is 0 Å². The maximum atomic E-state index is 11.2. The van der Waals surface area contributed by atoms with E-state index in [2.05, 4.69) is 9.97 Å². The van der Waals surface area contributed by atoms with Crippen LogP contribution in [0.15, 0.2) is 29.4 Å². The minimum absolute atomic E-state index is 0.139. The number of hydrogen-bond donors (Lipinski definition) is 1. The number of fused-ring (bicyclic) bond motifs is 1. The van der Waals surface area contributed by atoms with Gasteiger partial charge in [-0.25, -0.2) is 4.98 Å². The van der Waals surface area contributed by atoms with Crippen LogP contribution in [0.3, 0.4) is 0 Å². The zero-order valence-corrected chi connectivity index (χ0v) is 10.4. The third-order valence-electron chi connectivity index (χ3n) is 2.29. The van der Waals surface area contributed by atoms with Crippen molar-refractivity contribution in [3.8, 4) is 0 Å². The van der Waals surface area contributed by atoms with Crippen LogP contribution >= 0.6 is 11.8 Å². The van der Waals surface area contributed by atoms with Crippen LogP contribution in [0.1, 0.15) is 13.3 Å². The first-order valence-corrected chi connectivity index (χ1v) is 6.50. The summed E-state index contributed by atoms with van der Waals surface area (Å²) in [6.45, 7) is 2.26. The first-order valence-electron chi connectivity index (χ1n) is 5.51. The second-order valence-corrected chi connectivity index (χ2v) is 4.59. The molecule has 2 aromatic heterocycles. The predicted octanol–water partition coefficient (Wildman–Crippen LogP) is 2.61. The Balaban J connectivity index is 1.95. The van der Waals surface area contributed by atoms with Gasteiger partial charge in [-0.15, -0.1) is 11.8 Å². The van der Waals surface area contributed by atoms with E-state index < -0.39 is 0 Å². The molecule has 17 heavy (non-hydrogen) atoms. The number of H-pyrrole nitrogens is 1. The number of nitrogens with one attached hydrogen (secondary N) is 1. The van der Waals surface area contributed by atoms with E-state index in [-0.39, 0.29) is 5.97 Å². The summed E-state index contributed by atoms with van der Waals surface area (Å²) < 4.78 is 4.88. The van der Waals surface area contributed by atoms with Crippen LogP contribution in [0, 0.1) is 0 Å². The number of rotatable bonds is 5. The van der Waals surface area contributed by atoms with Crippen molar-refractivity contribution in [1.82, 2.24) is 9.97 Å². The van der Waals surface area contributed by atoms with Crippen molar-refractivity contribution in [3.63, 3.8) is 0 Å². The molecule has 0 aliphatic heterocycles. The molecule has 0 aromatic carbocycles. The Bertz CT molecular complexity index is 510. The normalized spacial score (nSPS) is 10.6. The van der Waals surface area contributed by atoms with E-state index in [1.54, 1.807) is 18.0 Å². The standard InChI is InChI=1S/C12H14N2O2S/c1-2-16-11(15)5-8-17-10-4-7-14-12-9(10)3-6-13-12/h3-4,6-7H,2,5,8H2,1H3,(H,13,14). The highest BCUT2D eigenvalue weighted by Gasteiger charge is 2.05. The number of hydrogen-bond acceptors (Lipinski definition) is 4. The number of aromatic nitrogens is 2. The molecule has 0 amide bonds. The van der Waals surface area contributed by atoms with Gasteiger partial charge in [0.15, 0.2) is 0 Å². The molecule has 90 valence electrons. The lowest BCUT2D eigenvalue weighted by molar-refractivity contribution is -0.142. The van der Waals surface area contributed by atoms with Gasteiger partial charge in [0.1, 0.15) is 5.65 Å². The molecule has 0 aliphatic rings. The molecule has 0 aliphatic carbocycles. The quantitative estimate of drug-likeness (QED) is 0.654. The molecule has 5 heteroatoms. The van der Waals surface area contributed by atoms with Crippen molar-refractivity contribution in [2.24, 2.45) is 0 Å². The van der Waals surface area contributed by atoms with Crippen LogP contribution in [-0.4, -0.2) is 28.3 Å². The number of ether oxygens (including phenoxy) is 1. The number of carbonyl (C=O) groups is 1. The SMILES string of the molecule is CCOC(=O)CCSc1ccnc2[nH]ccc12. The third kappa shape index (κ3) is 3.00. The van der Waals surface area contributed by atoms with Crippen molar-refractivity contribution >= 4 is 28.8 Å². The van der Waals surface area contributed by atoms with Gasteiger partial charge in [-0.05, 0) is 19.1 Å². The first kappa shape index (κ1) is 12.0. The van der Waals surface area contributed by atoms with E-state index >= 15 is 0 Å². The number of pyridine rings is 1. The fourth-order valence-electron chi connectivity index (χ4n) is 1.54. The summed E-state index contributed by atoms with van der Waals surface area (Å²) in [5, 5.41) is 1.10. The van der Waals surface area contributed by atoms with Gasteiger partial charge in [0.25, 0.3) is 0 Å². The molecule has 4 nitrogen and oxygen atoms in total. The number of esters is 1. The maximum absolute atomic E-state index is 11.2. The highest BCUT2D eigenvalue weighted by molar-refractivity contribution is 7.99. The zero-order chi connectivity index (χ0) is 12.1. The number of carbonyl (C=O) groups excluding carboxylic acids is 1. The molecule has 0 spiro atoms. The molecule has 0 saturated heterocycles. The van der Waals surface area contributed by atoms with Gasteiger partial charge in [0.2, 0.25) is 0 Å². The Morgan fingerprint density at radius 2 is 2.41 bits per heavy atom. The summed E-state index contributed by atoms with van der Waals surface area (Å²) in [7, 11) is 0. The first-order chi connectivity index (χ1) is 8.31. The van der Waals surface area contributed by atoms with Gasteiger partial charge in [-0.3, -0.25) is 4.79 Å². The van der Waals surface area contributed by atoms with Crippen LogP contribution in [0.25, 0.3) is 11.0 Å². The lowest BCUT2D eigenvalue weighted by Gasteiger charge is -2.03. The molecule has 0 unspecified atom stereocenters. The topological polar surface area (TPSA) is 55.0 Å². The van der Waals surface area contributed by atoms with Crippen LogP contribution in [0.4, 0.5) is 0 Å². The fourth-order valence-corrected chi connectivity index (χ4v) is 2.50. The Hall–Kier alpha value is -1.49. The minimum atomic E-state index is -0.139. The monoisotopic (exact) mass is 250 g/mol. The fraction of sp³-hybridized carbons (Fsp3) is 0.333. The molecule has 0 fully saturated rings. The lowest BCUT2D eigenvalue weighted by Crippen LogP contribution is -2.04. The highest BCUT2D eigenvalue weighted by Crippen LogP contribution is 2.26. The zero-order valence-electron chi connectivity index (χ0n) is 9.60. The van der Waals surface area contributed by atoms with E-state index in [0.29, 0.717) is 13.0 Å². The molecule has 2 rings (SSSR count). The maximum Gasteiger partial charge on any atom is 0.306 e. The molecular formula is C12H14N2O2S. The van der Waals surface area contributed by atoms with Crippen LogP contribution in [0.5, 0.6) is 0 Å². The van der Waals surface area contributed by atoms with E-state index in [1.807, 2.05) is 25.3 Å². The van der Waals surface area contributed by atoms with Crippen molar-refractivity contribution in [3.05, 3.63) is 24.5 Å². The van der Waals surface area contributed by atoms with Gasteiger partial charge >= 0.3 is 5.97 Å². The van der Waals surface area contributed by atoms with Crippen molar-refractivity contribution in [2.45, 2.75) is 18.2 Å². The van der Waals surface area contributed by atoms with Crippen LogP contribution < -0.4 is 0 Å². The van der Waals surface area contributed by atoms with Gasteiger partial charge in [-0.1, -0.05) is 0 Å². The molecule has 0 bridgehead atoms. The molecule has 2 heterocycles. The summed E-state index contributed by atoms with van der Waals surface area (Å²) in [4.78, 5) is 19.6. The number of thioether (sulfide) groups is 1. The van der Waals surface area contributed by atoms with Crippen molar-refractivity contribution in [1.29, 1.82) is 0 Å². The van der Waals surface area contributed by atoms with Crippen LogP contribution in [-0.2, 0) is 9.53 Å². The van der Waals surface area contributed by atoms with Crippen molar-refractivity contribution in [2.75, 3.05) is 12.4 Å². The highest BCUT2D eigenvalue weighted by atomic mass is 32.2.